The molecule has 0 saturated carbocycles. The van der Waals surface area contributed by atoms with Gasteiger partial charge < -0.3 is 9.40 Å². The Balaban J connectivity index is 2.88. The maximum Gasteiger partial charge on any atom is 0.266 e. The maximum absolute atomic E-state index is 5.52. The summed E-state index contributed by atoms with van der Waals surface area (Å²) in [5.41, 5.74) is 2.99. The number of aromatic amines is 1. The summed E-state index contributed by atoms with van der Waals surface area (Å²) >= 11 is 8.49. The molecule has 4 heteroatoms. The van der Waals surface area contributed by atoms with Crippen molar-refractivity contribution in [2.75, 3.05) is 0 Å². The second-order valence-corrected chi connectivity index (χ2v) is 5.88. The smallest absolute Gasteiger partial charge is 0.266 e. The third-order valence-electron chi connectivity index (χ3n) is 2.29. The lowest BCUT2D eigenvalue weighted by Crippen LogP contribution is -2.11. The van der Waals surface area contributed by atoms with Crippen molar-refractivity contribution < 1.29 is 4.42 Å². The Hall–Kier alpha value is -0.610. The first-order valence-electron chi connectivity index (χ1n) is 4.71. The topological polar surface area (TPSA) is 28.9 Å². The Kier molecular flexibility index (Phi) is 2.51. The van der Waals surface area contributed by atoms with E-state index in [0.717, 1.165) is 21.1 Å². The van der Waals surface area contributed by atoms with Crippen LogP contribution in [0.5, 0.6) is 0 Å². The summed E-state index contributed by atoms with van der Waals surface area (Å²) in [4.78, 5) is 3.45. The fourth-order valence-electron chi connectivity index (χ4n) is 1.58. The average Bonchev–Trinajstić information content (AvgIpc) is 2.41. The van der Waals surface area contributed by atoms with Gasteiger partial charge in [0.25, 0.3) is 4.84 Å². The quantitative estimate of drug-likeness (QED) is 0.720. The zero-order chi connectivity index (χ0) is 11.2. The molecule has 1 aromatic heterocycles. The number of nitrogens with one attached hydrogen (secondary N) is 1. The van der Waals surface area contributed by atoms with Crippen LogP contribution in [0.2, 0.25) is 0 Å². The number of hydrogen-bond acceptors (Lipinski definition) is 2. The van der Waals surface area contributed by atoms with Crippen LogP contribution in [0, 0.1) is 4.84 Å². The number of hydrogen-bond donors (Lipinski definition) is 1. The van der Waals surface area contributed by atoms with Crippen molar-refractivity contribution in [2.24, 2.45) is 0 Å². The predicted molar refractivity (Wildman–Crippen MR) is 67.8 cm³/mol. The van der Waals surface area contributed by atoms with Gasteiger partial charge in [0.05, 0.1) is 5.52 Å². The van der Waals surface area contributed by atoms with Crippen molar-refractivity contribution in [3.63, 3.8) is 0 Å². The van der Waals surface area contributed by atoms with Gasteiger partial charge in [-0.2, -0.15) is 0 Å². The van der Waals surface area contributed by atoms with Crippen molar-refractivity contribution in [3.8, 4) is 0 Å². The minimum Gasteiger partial charge on any atom is -0.429 e. The highest BCUT2D eigenvalue weighted by molar-refractivity contribution is 9.10. The summed E-state index contributed by atoms with van der Waals surface area (Å²) in [6.45, 7) is 6.46. The fourth-order valence-corrected chi connectivity index (χ4v) is 2.23. The van der Waals surface area contributed by atoms with Crippen LogP contribution in [0.15, 0.2) is 21.0 Å². The minimum atomic E-state index is 0.0372. The van der Waals surface area contributed by atoms with Crippen LogP contribution in [0.25, 0.3) is 11.1 Å². The lowest BCUT2D eigenvalue weighted by atomic mass is 9.86. The van der Waals surface area contributed by atoms with Crippen LogP contribution in [0.1, 0.15) is 26.3 Å². The molecule has 0 aliphatic carbocycles. The van der Waals surface area contributed by atoms with Gasteiger partial charge in [-0.05, 0) is 29.8 Å². The molecule has 0 saturated heterocycles. The summed E-state index contributed by atoms with van der Waals surface area (Å²) < 4.78 is 6.55. The molecule has 2 aromatic rings. The molecular formula is C11H12BrNOS. The Morgan fingerprint density at radius 3 is 2.60 bits per heavy atom. The van der Waals surface area contributed by atoms with Crippen LogP contribution < -0.4 is 0 Å². The molecule has 2 nitrogen and oxygen atoms in total. The second-order valence-electron chi connectivity index (χ2n) is 4.59. The summed E-state index contributed by atoms with van der Waals surface area (Å²) in [7, 11) is 0. The Morgan fingerprint density at radius 1 is 1.33 bits per heavy atom. The summed E-state index contributed by atoms with van der Waals surface area (Å²) in [6.07, 6.45) is 0. The molecule has 0 fully saturated rings. The van der Waals surface area contributed by atoms with Gasteiger partial charge >= 0.3 is 0 Å². The molecule has 0 radical (unpaired) electrons. The van der Waals surface area contributed by atoms with Gasteiger partial charge in [-0.3, -0.25) is 0 Å². The Labute approximate surface area is 102 Å². The number of halogens is 1. The summed E-state index contributed by atoms with van der Waals surface area (Å²) in [5, 5.41) is 0. The zero-order valence-electron chi connectivity index (χ0n) is 8.85. The lowest BCUT2D eigenvalue weighted by molar-refractivity contribution is 0.545. The molecule has 15 heavy (non-hydrogen) atoms. The van der Waals surface area contributed by atoms with Crippen LogP contribution in [-0.4, -0.2) is 4.98 Å². The van der Waals surface area contributed by atoms with E-state index < -0.39 is 0 Å². The number of fused-ring (bicyclic) bond motifs is 1. The number of rotatable bonds is 0. The first-order valence-corrected chi connectivity index (χ1v) is 5.91. The molecule has 1 aromatic carbocycles. The highest BCUT2D eigenvalue weighted by Gasteiger charge is 2.20. The van der Waals surface area contributed by atoms with Gasteiger partial charge in [0.1, 0.15) is 0 Å². The van der Waals surface area contributed by atoms with Crippen LogP contribution >= 0.6 is 28.1 Å². The van der Waals surface area contributed by atoms with E-state index >= 15 is 0 Å². The van der Waals surface area contributed by atoms with Crippen LogP contribution in [-0.2, 0) is 5.41 Å². The molecule has 0 unspecified atom stereocenters. The van der Waals surface area contributed by atoms with E-state index in [1.807, 2.05) is 6.07 Å². The largest absolute Gasteiger partial charge is 0.429 e. The van der Waals surface area contributed by atoms with Gasteiger partial charge in [-0.1, -0.05) is 36.7 Å². The third-order valence-corrected chi connectivity index (χ3v) is 2.94. The Bertz CT molecular complexity index is 562. The molecule has 0 aliphatic rings. The first kappa shape index (κ1) is 10.9. The molecule has 0 aliphatic heterocycles. The van der Waals surface area contributed by atoms with Crippen LogP contribution in [0.3, 0.4) is 0 Å². The standard InChI is InChI=1S/C11H12BrNOS/c1-11(2,3)7-4-6(12)5-8-9(7)14-10(15)13-8/h4-5H,1-3H3,(H,13,15). The van der Waals surface area contributed by atoms with E-state index in [9.17, 15) is 0 Å². The third kappa shape index (κ3) is 2.01. The Morgan fingerprint density at radius 2 is 2.00 bits per heavy atom. The molecular weight excluding hydrogens is 274 g/mol. The van der Waals surface area contributed by atoms with Crippen molar-refractivity contribution in [1.29, 1.82) is 0 Å². The SMILES string of the molecule is CC(C)(C)c1cc(Br)cc2[nH]c(=S)oc12. The molecule has 0 atom stereocenters. The van der Waals surface area contributed by atoms with Crippen molar-refractivity contribution in [2.45, 2.75) is 26.2 Å². The van der Waals surface area contributed by atoms with Gasteiger partial charge in [-0.25, -0.2) is 0 Å². The number of benzene rings is 1. The lowest BCUT2D eigenvalue weighted by Gasteiger charge is -2.19. The van der Waals surface area contributed by atoms with Gasteiger partial charge in [0.2, 0.25) is 0 Å². The normalized spacial score (nSPS) is 12.3. The average molecular weight is 286 g/mol. The molecule has 0 spiro atoms. The molecule has 0 amide bonds. The summed E-state index contributed by atoms with van der Waals surface area (Å²) in [6, 6.07) is 4.05. The van der Waals surface area contributed by atoms with E-state index in [-0.39, 0.29) is 5.41 Å². The molecule has 1 heterocycles. The van der Waals surface area contributed by atoms with E-state index in [0.29, 0.717) is 4.84 Å². The first-order chi connectivity index (χ1) is 6.88. The van der Waals surface area contributed by atoms with E-state index in [1.54, 1.807) is 0 Å². The number of oxazole rings is 1. The molecule has 1 N–H and O–H groups in total. The summed E-state index contributed by atoms with van der Waals surface area (Å²) in [5.74, 6) is 0. The van der Waals surface area contributed by atoms with E-state index in [2.05, 4.69) is 47.8 Å². The van der Waals surface area contributed by atoms with Crippen molar-refractivity contribution in [1.82, 2.24) is 4.98 Å². The number of aromatic nitrogens is 1. The van der Waals surface area contributed by atoms with Crippen molar-refractivity contribution in [3.05, 3.63) is 27.0 Å². The highest BCUT2D eigenvalue weighted by Crippen LogP contribution is 2.32. The van der Waals surface area contributed by atoms with Gasteiger partial charge in [0.15, 0.2) is 5.58 Å². The van der Waals surface area contributed by atoms with E-state index in [4.69, 9.17) is 16.6 Å². The number of H-pyrrole nitrogens is 1. The van der Waals surface area contributed by atoms with E-state index in [1.165, 1.54) is 0 Å². The molecule has 80 valence electrons. The van der Waals surface area contributed by atoms with Gasteiger partial charge in [0, 0.05) is 10.0 Å². The highest BCUT2D eigenvalue weighted by atomic mass is 79.9. The van der Waals surface area contributed by atoms with Crippen molar-refractivity contribution >= 4 is 39.2 Å². The van der Waals surface area contributed by atoms with Crippen LogP contribution in [0.4, 0.5) is 0 Å². The zero-order valence-corrected chi connectivity index (χ0v) is 11.3. The molecule has 2 rings (SSSR count). The monoisotopic (exact) mass is 285 g/mol. The minimum absolute atomic E-state index is 0.0372. The second kappa shape index (κ2) is 3.46. The predicted octanol–water partition coefficient (Wildman–Crippen LogP) is 4.55. The van der Waals surface area contributed by atoms with Gasteiger partial charge in [-0.15, -0.1) is 0 Å². The maximum atomic E-state index is 5.52. The fraction of sp³-hybridized carbons (Fsp3) is 0.364. The molecule has 0 bridgehead atoms.